The van der Waals surface area contributed by atoms with Gasteiger partial charge < -0.3 is 4.98 Å². The number of H-pyrrole nitrogens is 1. The minimum atomic E-state index is 0.0218. The molecule has 0 aliphatic carbocycles. The molecular formula is C9H7ClN2O. The Morgan fingerprint density at radius 2 is 2.38 bits per heavy atom. The monoisotopic (exact) mass is 194 g/mol. The second-order valence-corrected chi connectivity index (χ2v) is 3.14. The van der Waals surface area contributed by atoms with Gasteiger partial charge in [0.1, 0.15) is 0 Å². The molecule has 0 spiro atoms. The molecule has 0 saturated heterocycles. The molecule has 0 unspecified atom stereocenters. The van der Waals surface area contributed by atoms with E-state index in [1.807, 2.05) is 0 Å². The third kappa shape index (κ3) is 1.21. The summed E-state index contributed by atoms with van der Waals surface area (Å²) in [7, 11) is 0. The van der Waals surface area contributed by atoms with Crippen LogP contribution in [0.4, 0.5) is 0 Å². The number of ketones is 1. The number of hydrogen-bond acceptors (Lipinski definition) is 2. The zero-order valence-electron chi connectivity index (χ0n) is 6.97. The highest BCUT2D eigenvalue weighted by atomic mass is 35.5. The average molecular weight is 195 g/mol. The lowest BCUT2D eigenvalue weighted by atomic mass is 10.1. The maximum Gasteiger partial charge on any atom is 0.161 e. The Bertz CT molecular complexity index is 475. The molecule has 0 saturated carbocycles. The Morgan fingerprint density at radius 3 is 3.08 bits per heavy atom. The molecule has 0 radical (unpaired) electrons. The van der Waals surface area contributed by atoms with Gasteiger partial charge in [-0.3, -0.25) is 4.79 Å². The lowest BCUT2D eigenvalue weighted by Crippen LogP contribution is -1.88. The standard InChI is InChI=1S/C9H7ClN2O/c1-5(13)7-4-12-8-6(7)2-3-11-9(8)10/h2-4,12H,1H3. The minimum absolute atomic E-state index is 0.0218. The number of aromatic nitrogens is 2. The van der Waals surface area contributed by atoms with Crippen molar-refractivity contribution in [1.29, 1.82) is 0 Å². The SMILES string of the molecule is CC(=O)c1c[nH]c2c(Cl)nccc12. The molecule has 0 fully saturated rings. The molecule has 0 aliphatic rings. The van der Waals surface area contributed by atoms with Crippen LogP contribution in [0.1, 0.15) is 17.3 Å². The Hall–Kier alpha value is -1.35. The summed E-state index contributed by atoms with van der Waals surface area (Å²) in [5, 5.41) is 1.22. The van der Waals surface area contributed by atoms with E-state index in [9.17, 15) is 4.79 Å². The first kappa shape index (κ1) is 8.26. The first-order chi connectivity index (χ1) is 6.20. The Morgan fingerprint density at radius 1 is 1.62 bits per heavy atom. The predicted molar refractivity (Wildman–Crippen MR) is 51.1 cm³/mol. The molecule has 2 aromatic heterocycles. The van der Waals surface area contributed by atoms with Crippen LogP contribution in [0.5, 0.6) is 0 Å². The molecule has 2 aromatic rings. The Labute approximate surface area is 79.7 Å². The van der Waals surface area contributed by atoms with Gasteiger partial charge >= 0.3 is 0 Å². The molecule has 13 heavy (non-hydrogen) atoms. The number of fused-ring (bicyclic) bond motifs is 1. The highest BCUT2D eigenvalue weighted by Gasteiger charge is 2.09. The van der Waals surface area contributed by atoms with E-state index in [4.69, 9.17) is 11.6 Å². The van der Waals surface area contributed by atoms with Crippen molar-refractivity contribution < 1.29 is 4.79 Å². The van der Waals surface area contributed by atoms with Crippen molar-refractivity contribution in [3.63, 3.8) is 0 Å². The molecule has 0 amide bonds. The molecule has 1 N–H and O–H groups in total. The number of halogens is 1. The number of carbonyl (C=O) groups is 1. The van der Waals surface area contributed by atoms with Crippen LogP contribution in [0.3, 0.4) is 0 Å². The number of nitrogens with one attached hydrogen (secondary N) is 1. The van der Waals surface area contributed by atoms with Gasteiger partial charge in [0.25, 0.3) is 0 Å². The van der Waals surface area contributed by atoms with Crippen molar-refractivity contribution in [3.8, 4) is 0 Å². The Balaban J connectivity index is 2.83. The Kier molecular flexibility index (Phi) is 1.81. The van der Waals surface area contributed by atoms with Crippen LogP contribution in [0.2, 0.25) is 5.15 Å². The first-order valence-corrected chi connectivity index (χ1v) is 4.20. The van der Waals surface area contributed by atoms with Crippen molar-refractivity contribution in [3.05, 3.63) is 29.2 Å². The van der Waals surface area contributed by atoms with Crippen LogP contribution in [-0.2, 0) is 0 Å². The number of hydrogen-bond donors (Lipinski definition) is 1. The van der Waals surface area contributed by atoms with Crippen molar-refractivity contribution in [2.45, 2.75) is 6.92 Å². The van der Waals surface area contributed by atoms with Crippen LogP contribution in [0.25, 0.3) is 10.9 Å². The molecule has 0 aromatic carbocycles. The van der Waals surface area contributed by atoms with Crippen molar-refractivity contribution >= 4 is 28.3 Å². The number of nitrogens with zero attached hydrogens (tertiary/aromatic N) is 1. The van der Waals surface area contributed by atoms with Gasteiger partial charge in [0, 0.05) is 23.3 Å². The molecule has 3 nitrogen and oxygen atoms in total. The average Bonchev–Trinajstić information content (AvgIpc) is 2.48. The van der Waals surface area contributed by atoms with E-state index >= 15 is 0 Å². The lowest BCUT2D eigenvalue weighted by molar-refractivity contribution is 0.101. The van der Waals surface area contributed by atoms with E-state index in [2.05, 4.69) is 9.97 Å². The molecule has 0 atom stereocenters. The summed E-state index contributed by atoms with van der Waals surface area (Å²) < 4.78 is 0. The van der Waals surface area contributed by atoms with Crippen molar-refractivity contribution in [2.24, 2.45) is 0 Å². The normalized spacial score (nSPS) is 10.6. The number of rotatable bonds is 1. The highest BCUT2D eigenvalue weighted by molar-refractivity contribution is 6.34. The van der Waals surface area contributed by atoms with Gasteiger partial charge in [-0.1, -0.05) is 11.6 Å². The largest absolute Gasteiger partial charge is 0.358 e. The van der Waals surface area contributed by atoms with Gasteiger partial charge in [0.05, 0.1) is 5.52 Å². The van der Waals surface area contributed by atoms with Crippen LogP contribution < -0.4 is 0 Å². The predicted octanol–water partition coefficient (Wildman–Crippen LogP) is 2.42. The molecular weight excluding hydrogens is 188 g/mol. The minimum Gasteiger partial charge on any atom is -0.358 e. The van der Waals surface area contributed by atoms with Crippen LogP contribution in [0.15, 0.2) is 18.5 Å². The fourth-order valence-electron chi connectivity index (χ4n) is 1.31. The van der Waals surface area contributed by atoms with Gasteiger partial charge in [-0.2, -0.15) is 0 Å². The molecule has 4 heteroatoms. The van der Waals surface area contributed by atoms with Crippen molar-refractivity contribution in [2.75, 3.05) is 0 Å². The summed E-state index contributed by atoms with van der Waals surface area (Å²) in [6, 6.07) is 1.77. The quantitative estimate of drug-likeness (QED) is 0.560. The van der Waals surface area contributed by atoms with Crippen LogP contribution in [0, 0.1) is 0 Å². The van der Waals surface area contributed by atoms with Crippen LogP contribution in [-0.4, -0.2) is 15.8 Å². The second-order valence-electron chi connectivity index (χ2n) is 2.78. The fraction of sp³-hybridized carbons (Fsp3) is 0.111. The maximum atomic E-state index is 11.1. The zero-order valence-corrected chi connectivity index (χ0v) is 7.72. The van der Waals surface area contributed by atoms with Crippen LogP contribution >= 0.6 is 11.6 Å². The van der Waals surface area contributed by atoms with E-state index in [1.165, 1.54) is 6.92 Å². The number of carbonyl (C=O) groups excluding carboxylic acids is 1. The van der Waals surface area contributed by atoms with E-state index in [-0.39, 0.29) is 5.78 Å². The van der Waals surface area contributed by atoms with E-state index in [1.54, 1.807) is 18.5 Å². The molecule has 0 bridgehead atoms. The first-order valence-electron chi connectivity index (χ1n) is 3.82. The molecule has 2 heterocycles. The third-order valence-corrected chi connectivity index (χ3v) is 2.22. The van der Waals surface area contributed by atoms with E-state index in [0.29, 0.717) is 10.7 Å². The molecule has 66 valence electrons. The van der Waals surface area contributed by atoms with Crippen molar-refractivity contribution in [1.82, 2.24) is 9.97 Å². The highest BCUT2D eigenvalue weighted by Crippen LogP contribution is 2.23. The number of aromatic amines is 1. The summed E-state index contributed by atoms with van der Waals surface area (Å²) in [6.07, 6.45) is 3.24. The van der Waals surface area contributed by atoms with Gasteiger partial charge in [0.2, 0.25) is 0 Å². The van der Waals surface area contributed by atoms with Gasteiger partial charge in [-0.15, -0.1) is 0 Å². The van der Waals surface area contributed by atoms with E-state index < -0.39 is 0 Å². The van der Waals surface area contributed by atoms with E-state index in [0.717, 1.165) is 10.9 Å². The van der Waals surface area contributed by atoms with Gasteiger partial charge in [-0.25, -0.2) is 4.98 Å². The van der Waals surface area contributed by atoms with Gasteiger partial charge in [0.15, 0.2) is 10.9 Å². The number of pyridine rings is 1. The topological polar surface area (TPSA) is 45.8 Å². The summed E-state index contributed by atoms with van der Waals surface area (Å²) in [6.45, 7) is 1.52. The molecule has 0 aliphatic heterocycles. The summed E-state index contributed by atoms with van der Waals surface area (Å²) in [4.78, 5) is 18.0. The zero-order chi connectivity index (χ0) is 9.42. The molecule has 2 rings (SSSR count). The summed E-state index contributed by atoms with van der Waals surface area (Å²) >= 11 is 5.82. The second kappa shape index (κ2) is 2.85. The summed E-state index contributed by atoms with van der Waals surface area (Å²) in [5.41, 5.74) is 1.37. The lowest BCUT2D eigenvalue weighted by Gasteiger charge is -1.93. The maximum absolute atomic E-state index is 11.1. The summed E-state index contributed by atoms with van der Waals surface area (Å²) in [5.74, 6) is 0.0218. The smallest absolute Gasteiger partial charge is 0.161 e. The number of Topliss-reactive ketones (excluding diaryl/α,β-unsaturated/α-hetero) is 1. The van der Waals surface area contributed by atoms with Gasteiger partial charge in [-0.05, 0) is 13.0 Å². The third-order valence-electron chi connectivity index (χ3n) is 1.94. The fourth-order valence-corrected chi connectivity index (χ4v) is 1.52.